The molecule has 5 aromatic rings. The summed E-state index contributed by atoms with van der Waals surface area (Å²) in [5.74, 6) is -0.970. The van der Waals surface area contributed by atoms with E-state index in [1.54, 1.807) is 48.5 Å². The number of phenols is 2. The number of para-hydroxylation sites is 2. The number of benzene rings is 5. The molecule has 0 aliphatic carbocycles. The zero-order chi connectivity index (χ0) is 35.2. The van der Waals surface area contributed by atoms with Crippen molar-refractivity contribution in [1.82, 2.24) is 0 Å². The fourth-order valence-corrected chi connectivity index (χ4v) is 4.84. The third-order valence-corrected chi connectivity index (χ3v) is 7.15. The van der Waals surface area contributed by atoms with Crippen molar-refractivity contribution in [2.24, 2.45) is 0 Å². The zero-order valence-corrected chi connectivity index (χ0v) is 30.8. The summed E-state index contributed by atoms with van der Waals surface area (Å²) >= 11 is -0.826. The van der Waals surface area contributed by atoms with Crippen LogP contribution in [0.15, 0.2) is 109 Å². The molecule has 0 unspecified atom stereocenters. The predicted molar refractivity (Wildman–Crippen MR) is 184 cm³/mol. The summed E-state index contributed by atoms with van der Waals surface area (Å²) in [4.78, 5) is 25.6. The van der Waals surface area contributed by atoms with Gasteiger partial charge in [0.05, 0.1) is 0 Å². The van der Waals surface area contributed by atoms with Gasteiger partial charge in [0.2, 0.25) is 0 Å². The van der Waals surface area contributed by atoms with Gasteiger partial charge in [0.1, 0.15) is 49.1 Å². The van der Waals surface area contributed by atoms with Gasteiger partial charge in [-0.1, -0.05) is 72.8 Å². The Morgan fingerprint density at radius 3 is 1.29 bits per heavy atom. The normalized spacial score (nSPS) is 10.3. The van der Waals surface area contributed by atoms with Gasteiger partial charge in [-0.15, -0.1) is 0 Å². The molecule has 0 saturated carbocycles. The van der Waals surface area contributed by atoms with Gasteiger partial charge in [-0.2, -0.15) is 0 Å². The molecule has 49 heavy (non-hydrogen) atoms. The van der Waals surface area contributed by atoms with Crippen molar-refractivity contribution in [1.29, 1.82) is 0 Å². The molecule has 0 aliphatic rings. The first-order valence-electron chi connectivity index (χ1n) is 15.1. The van der Waals surface area contributed by atoms with Crippen molar-refractivity contribution >= 4 is 29.0 Å². The number of aryl methyl sites for hydroxylation is 2. The quantitative estimate of drug-likeness (QED) is 0.121. The van der Waals surface area contributed by atoms with Crippen LogP contribution in [0.5, 0.6) is 23.0 Å². The second-order valence-corrected chi connectivity index (χ2v) is 14.6. The molecular formula is C38H34Cl2O8Zr. The topological polar surface area (TPSA) is 112 Å². The van der Waals surface area contributed by atoms with E-state index in [-0.39, 0.29) is 49.1 Å². The zero-order valence-electron chi connectivity index (χ0n) is 26.8. The molecule has 0 fully saturated rings. The molecule has 0 spiro atoms. The molecule has 5 rings (SSSR count). The van der Waals surface area contributed by atoms with Gasteiger partial charge >= 0.3 is 49.8 Å². The number of esters is 2. The first-order valence-corrected chi connectivity index (χ1v) is 21.4. The van der Waals surface area contributed by atoms with Crippen LogP contribution in [0.25, 0.3) is 0 Å². The van der Waals surface area contributed by atoms with E-state index in [1.807, 2.05) is 74.5 Å². The maximum absolute atomic E-state index is 12.8. The standard InChI is InChI=1S/C38H34O8.2ClH.Zr/c1-25-17-29(35(39)31(19-25)37(41)45-21-27-11-5-3-6-12-27)23-43-33-15-9-10-16-34(33)44-24-30-18-26(2)20-32(36(30)40)38(42)46-22-28-13-7-4-8-14-28;;;/h3-20,39-40H,21-24H2,1-2H3;2*1H;/q;;;+2/p-2. The van der Waals surface area contributed by atoms with Crippen molar-refractivity contribution in [2.75, 3.05) is 0 Å². The molecule has 0 aromatic heterocycles. The molecule has 252 valence electrons. The van der Waals surface area contributed by atoms with E-state index in [0.29, 0.717) is 22.6 Å². The molecular weight excluding hydrogens is 747 g/mol. The molecule has 0 amide bonds. The van der Waals surface area contributed by atoms with Crippen LogP contribution in [-0.4, -0.2) is 22.2 Å². The van der Waals surface area contributed by atoms with Crippen LogP contribution in [0, 0.1) is 13.8 Å². The van der Waals surface area contributed by atoms with Crippen molar-refractivity contribution in [2.45, 2.75) is 40.3 Å². The third kappa shape index (κ3) is 11.1. The Balaban J connectivity index is 0.00000174. The molecule has 8 nitrogen and oxygen atoms in total. The van der Waals surface area contributed by atoms with E-state index in [9.17, 15) is 19.8 Å². The average molecular weight is 781 g/mol. The molecule has 0 atom stereocenters. The molecule has 0 aliphatic heterocycles. The van der Waals surface area contributed by atoms with E-state index in [1.165, 1.54) is 0 Å². The third-order valence-electron chi connectivity index (χ3n) is 7.15. The van der Waals surface area contributed by atoms with Gasteiger partial charge in [0, 0.05) is 11.1 Å². The molecule has 5 aromatic carbocycles. The van der Waals surface area contributed by atoms with Gasteiger partial charge in [-0.3, -0.25) is 0 Å². The first-order chi connectivity index (χ1) is 23.7. The summed E-state index contributed by atoms with van der Waals surface area (Å²) in [7, 11) is 9.87. The SMILES string of the molecule is Cc1cc(COc2ccccc2OCc2cc(C)cc(C(=O)OCc3ccccc3)c2O)c(O)c(C(=O)OCc2ccccc2)c1.[Cl][Zr][Cl]. The van der Waals surface area contributed by atoms with E-state index in [2.05, 4.69) is 0 Å². The Kier molecular flexibility index (Phi) is 14.6. The van der Waals surface area contributed by atoms with Gasteiger partial charge in [0.15, 0.2) is 11.5 Å². The Bertz CT molecular complexity index is 1720. The van der Waals surface area contributed by atoms with E-state index in [4.69, 9.17) is 36.0 Å². The van der Waals surface area contributed by atoms with Crippen LogP contribution < -0.4 is 9.47 Å². The number of halogens is 2. The average Bonchev–Trinajstić information content (AvgIpc) is 3.11. The maximum atomic E-state index is 12.8. The summed E-state index contributed by atoms with van der Waals surface area (Å²) in [5, 5.41) is 21.9. The van der Waals surface area contributed by atoms with Crippen molar-refractivity contribution < 1.29 is 59.6 Å². The van der Waals surface area contributed by atoms with Crippen molar-refractivity contribution in [3.8, 4) is 23.0 Å². The fourth-order valence-electron chi connectivity index (χ4n) is 4.84. The summed E-state index contributed by atoms with van der Waals surface area (Å²) < 4.78 is 22.9. The second-order valence-electron chi connectivity index (χ2n) is 10.9. The summed E-state index contributed by atoms with van der Waals surface area (Å²) in [6.45, 7) is 3.68. The van der Waals surface area contributed by atoms with E-state index >= 15 is 0 Å². The van der Waals surface area contributed by atoms with Crippen LogP contribution in [0.3, 0.4) is 0 Å². The number of ether oxygens (including phenoxy) is 4. The van der Waals surface area contributed by atoms with Crippen LogP contribution in [0.2, 0.25) is 0 Å². The molecule has 2 N–H and O–H groups in total. The van der Waals surface area contributed by atoms with E-state index in [0.717, 1.165) is 22.3 Å². The number of phenolic OH excluding ortho intramolecular Hbond substituents is 2. The van der Waals surface area contributed by atoms with Gasteiger partial charge in [-0.05, 0) is 72.5 Å². The second kappa shape index (κ2) is 19.0. The van der Waals surface area contributed by atoms with Gasteiger partial charge in [0.25, 0.3) is 0 Å². The Morgan fingerprint density at radius 2 is 0.918 bits per heavy atom. The monoisotopic (exact) mass is 778 g/mol. The minimum absolute atomic E-state index is 0.0482. The van der Waals surface area contributed by atoms with Crippen LogP contribution in [-0.2, 0) is 56.7 Å². The van der Waals surface area contributed by atoms with Gasteiger partial charge in [-0.25, -0.2) is 9.59 Å². The Morgan fingerprint density at radius 1 is 0.571 bits per heavy atom. The van der Waals surface area contributed by atoms with E-state index < -0.39 is 32.8 Å². The number of carbonyl (C=O) groups is 2. The van der Waals surface area contributed by atoms with Gasteiger partial charge < -0.3 is 29.2 Å². The Labute approximate surface area is 303 Å². The summed E-state index contributed by atoms with van der Waals surface area (Å²) in [5.41, 5.74) is 4.07. The van der Waals surface area contributed by atoms with Crippen LogP contribution in [0.4, 0.5) is 0 Å². The number of hydrogen-bond donors (Lipinski definition) is 2. The summed E-state index contributed by atoms with van der Waals surface area (Å²) in [6.07, 6.45) is 0. The Hall–Kier alpha value is -4.30. The molecule has 0 heterocycles. The summed E-state index contributed by atoms with van der Waals surface area (Å²) in [6, 6.07) is 32.2. The van der Waals surface area contributed by atoms with Crippen molar-refractivity contribution in [3.05, 3.63) is 154 Å². The van der Waals surface area contributed by atoms with Crippen LogP contribution in [0.1, 0.15) is 54.1 Å². The number of rotatable bonds is 12. The molecule has 0 bridgehead atoms. The molecule has 0 saturated heterocycles. The number of hydrogen-bond acceptors (Lipinski definition) is 8. The fraction of sp³-hybridized carbons (Fsp3) is 0.158. The predicted octanol–water partition coefficient (Wildman–Crippen LogP) is 8.96. The first kappa shape index (κ1) is 37.5. The number of aromatic hydroxyl groups is 2. The molecule has 11 heteroatoms. The number of carbonyl (C=O) groups excluding carboxylic acids is 2. The minimum atomic E-state index is -0.826. The van der Waals surface area contributed by atoms with Crippen molar-refractivity contribution in [3.63, 3.8) is 0 Å². The van der Waals surface area contributed by atoms with Crippen LogP contribution >= 0.6 is 17.0 Å². The molecule has 0 radical (unpaired) electrons.